The summed E-state index contributed by atoms with van der Waals surface area (Å²) in [4.78, 5) is 24.9. The molecule has 148 valence electrons. The van der Waals surface area contributed by atoms with Crippen LogP contribution in [0.25, 0.3) is 0 Å². The quantitative estimate of drug-likeness (QED) is 0.608. The summed E-state index contributed by atoms with van der Waals surface area (Å²) >= 11 is 0. The molecule has 0 saturated carbocycles. The fourth-order valence-corrected chi connectivity index (χ4v) is 2.82. The average molecular weight is 388 g/mol. The van der Waals surface area contributed by atoms with Crippen molar-refractivity contribution in [3.8, 4) is 5.75 Å². The van der Waals surface area contributed by atoms with Crippen LogP contribution < -0.4 is 15.4 Å². The summed E-state index contributed by atoms with van der Waals surface area (Å²) in [6, 6.07) is 24.2. The molecular formula is C24H24N2O3. The topological polar surface area (TPSA) is 67.4 Å². The second-order valence-corrected chi connectivity index (χ2v) is 6.55. The first-order valence-corrected chi connectivity index (χ1v) is 9.58. The standard InChI is InChI=1S/C24H24N2O3/c1-2-18-12-14-20(15-13-18)29-17-23(27)26-22-11-7-6-10-21(22)24(28)25-16-19-8-4-3-5-9-19/h3-15H,2,16-17H2,1H3,(H,25,28)(H,26,27). The van der Waals surface area contributed by atoms with Crippen LogP contribution >= 0.6 is 0 Å². The number of nitrogens with one attached hydrogen (secondary N) is 2. The summed E-state index contributed by atoms with van der Waals surface area (Å²) in [6.45, 7) is 2.36. The van der Waals surface area contributed by atoms with E-state index in [0.29, 0.717) is 23.5 Å². The van der Waals surface area contributed by atoms with Gasteiger partial charge in [0.2, 0.25) is 0 Å². The van der Waals surface area contributed by atoms with E-state index in [1.54, 1.807) is 24.3 Å². The maximum absolute atomic E-state index is 12.6. The predicted octanol–water partition coefficient (Wildman–Crippen LogP) is 4.20. The van der Waals surface area contributed by atoms with Crippen molar-refractivity contribution in [3.63, 3.8) is 0 Å². The van der Waals surface area contributed by atoms with Crippen molar-refractivity contribution in [2.75, 3.05) is 11.9 Å². The Morgan fingerprint density at radius 2 is 1.52 bits per heavy atom. The van der Waals surface area contributed by atoms with Crippen molar-refractivity contribution in [3.05, 3.63) is 95.6 Å². The van der Waals surface area contributed by atoms with Gasteiger partial charge in [-0.05, 0) is 41.8 Å². The van der Waals surface area contributed by atoms with E-state index < -0.39 is 0 Å². The molecule has 0 spiro atoms. The number of aryl methyl sites for hydroxylation is 1. The summed E-state index contributed by atoms with van der Waals surface area (Å²) in [6.07, 6.45) is 0.948. The van der Waals surface area contributed by atoms with Crippen LogP contribution in [0.3, 0.4) is 0 Å². The van der Waals surface area contributed by atoms with E-state index in [1.165, 1.54) is 5.56 Å². The molecule has 0 unspecified atom stereocenters. The van der Waals surface area contributed by atoms with Crippen molar-refractivity contribution in [2.45, 2.75) is 19.9 Å². The Balaban J connectivity index is 1.57. The minimum Gasteiger partial charge on any atom is -0.484 e. The third-order valence-electron chi connectivity index (χ3n) is 4.44. The first kappa shape index (κ1) is 20.1. The van der Waals surface area contributed by atoms with Crippen LogP contribution in [0.4, 0.5) is 5.69 Å². The number of benzene rings is 3. The minimum absolute atomic E-state index is 0.133. The van der Waals surface area contributed by atoms with Crippen LogP contribution in [-0.2, 0) is 17.8 Å². The van der Waals surface area contributed by atoms with E-state index in [2.05, 4.69) is 17.6 Å². The van der Waals surface area contributed by atoms with E-state index in [4.69, 9.17) is 4.74 Å². The summed E-state index contributed by atoms with van der Waals surface area (Å²) < 4.78 is 5.53. The number of hydrogen-bond acceptors (Lipinski definition) is 3. The van der Waals surface area contributed by atoms with Gasteiger partial charge in [-0.15, -0.1) is 0 Å². The fraction of sp³-hybridized carbons (Fsp3) is 0.167. The maximum atomic E-state index is 12.6. The Morgan fingerprint density at radius 1 is 0.828 bits per heavy atom. The summed E-state index contributed by atoms with van der Waals surface area (Å²) in [5.41, 5.74) is 3.07. The van der Waals surface area contributed by atoms with Crippen molar-refractivity contribution in [2.24, 2.45) is 0 Å². The Labute approximate surface area is 170 Å². The molecule has 0 heterocycles. The number of rotatable bonds is 8. The molecule has 0 fully saturated rings. The molecule has 0 bridgehead atoms. The Bertz CT molecular complexity index is 953. The fourth-order valence-electron chi connectivity index (χ4n) is 2.82. The lowest BCUT2D eigenvalue weighted by molar-refractivity contribution is -0.118. The highest BCUT2D eigenvalue weighted by atomic mass is 16.5. The zero-order chi connectivity index (χ0) is 20.5. The third kappa shape index (κ3) is 5.94. The van der Waals surface area contributed by atoms with Gasteiger partial charge in [-0.25, -0.2) is 0 Å². The number of para-hydroxylation sites is 1. The lowest BCUT2D eigenvalue weighted by Gasteiger charge is -2.12. The van der Waals surface area contributed by atoms with Gasteiger partial charge in [0.1, 0.15) is 5.75 Å². The minimum atomic E-state index is -0.326. The zero-order valence-electron chi connectivity index (χ0n) is 16.4. The number of ether oxygens (including phenoxy) is 1. The second kappa shape index (κ2) is 10.1. The molecule has 5 nitrogen and oxygen atoms in total. The van der Waals surface area contributed by atoms with E-state index in [-0.39, 0.29) is 18.4 Å². The van der Waals surface area contributed by atoms with Crippen molar-refractivity contribution in [1.29, 1.82) is 0 Å². The Kier molecular flexibility index (Phi) is 7.00. The van der Waals surface area contributed by atoms with Crippen LogP contribution in [0.2, 0.25) is 0 Å². The van der Waals surface area contributed by atoms with Crippen molar-refractivity contribution >= 4 is 17.5 Å². The van der Waals surface area contributed by atoms with Gasteiger partial charge in [0, 0.05) is 6.54 Å². The van der Waals surface area contributed by atoms with Crippen LogP contribution in [-0.4, -0.2) is 18.4 Å². The van der Waals surface area contributed by atoms with Gasteiger partial charge < -0.3 is 15.4 Å². The second-order valence-electron chi connectivity index (χ2n) is 6.55. The third-order valence-corrected chi connectivity index (χ3v) is 4.44. The van der Waals surface area contributed by atoms with Gasteiger partial charge in [0.05, 0.1) is 11.3 Å². The Hall–Kier alpha value is -3.60. The van der Waals surface area contributed by atoms with Gasteiger partial charge in [0.15, 0.2) is 6.61 Å². The molecule has 0 aliphatic heterocycles. The lowest BCUT2D eigenvalue weighted by Crippen LogP contribution is -2.26. The van der Waals surface area contributed by atoms with E-state index in [0.717, 1.165) is 12.0 Å². The highest BCUT2D eigenvalue weighted by molar-refractivity contribution is 6.04. The van der Waals surface area contributed by atoms with Crippen LogP contribution in [0, 0.1) is 0 Å². The number of anilines is 1. The number of carbonyl (C=O) groups excluding carboxylic acids is 2. The Morgan fingerprint density at radius 3 is 2.24 bits per heavy atom. The number of hydrogen-bond donors (Lipinski definition) is 2. The first-order chi connectivity index (χ1) is 14.2. The molecule has 2 amide bonds. The predicted molar refractivity (Wildman–Crippen MR) is 114 cm³/mol. The number of amides is 2. The molecule has 3 aromatic rings. The van der Waals surface area contributed by atoms with Crippen LogP contribution in [0.5, 0.6) is 5.75 Å². The van der Waals surface area contributed by atoms with Gasteiger partial charge in [0.25, 0.3) is 11.8 Å². The van der Waals surface area contributed by atoms with Crippen molar-refractivity contribution in [1.82, 2.24) is 5.32 Å². The van der Waals surface area contributed by atoms with Crippen LogP contribution in [0.1, 0.15) is 28.4 Å². The molecule has 5 heteroatoms. The molecule has 0 saturated heterocycles. The highest BCUT2D eigenvalue weighted by Gasteiger charge is 2.13. The van der Waals surface area contributed by atoms with Crippen molar-refractivity contribution < 1.29 is 14.3 Å². The molecule has 3 rings (SSSR count). The lowest BCUT2D eigenvalue weighted by atomic mass is 10.1. The molecule has 0 aliphatic rings. The SMILES string of the molecule is CCc1ccc(OCC(=O)Nc2ccccc2C(=O)NCc2ccccc2)cc1. The molecule has 29 heavy (non-hydrogen) atoms. The zero-order valence-corrected chi connectivity index (χ0v) is 16.4. The highest BCUT2D eigenvalue weighted by Crippen LogP contribution is 2.16. The maximum Gasteiger partial charge on any atom is 0.262 e. The normalized spacial score (nSPS) is 10.2. The molecule has 0 atom stereocenters. The summed E-state index contributed by atoms with van der Waals surface area (Å²) in [5.74, 6) is 0.0555. The molecular weight excluding hydrogens is 364 g/mol. The molecule has 2 N–H and O–H groups in total. The van der Waals surface area contributed by atoms with E-state index >= 15 is 0 Å². The number of carbonyl (C=O) groups is 2. The molecule has 0 aliphatic carbocycles. The first-order valence-electron chi connectivity index (χ1n) is 9.58. The van der Waals surface area contributed by atoms with Gasteiger partial charge in [-0.3, -0.25) is 9.59 Å². The monoisotopic (exact) mass is 388 g/mol. The van der Waals surface area contributed by atoms with Gasteiger partial charge in [-0.2, -0.15) is 0 Å². The summed E-state index contributed by atoms with van der Waals surface area (Å²) in [5, 5.41) is 5.63. The smallest absolute Gasteiger partial charge is 0.262 e. The van der Waals surface area contributed by atoms with Crippen LogP contribution in [0.15, 0.2) is 78.9 Å². The largest absolute Gasteiger partial charge is 0.484 e. The average Bonchev–Trinajstić information content (AvgIpc) is 2.77. The van der Waals surface area contributed by atoms with E-state index in [9.17, 15) is 9.59 Å². The van der Waals surface area contributed by atoms with Gasteiger partial charge in [-0.1, -0.05) is 61.5 Å². The molecule has 0 aromatic heterocycles. The molecule has 3 aromatic carbocycles. The summed E-state index contributed by atoms with van der Waals surface area (Å²) in [7, 11) is 0. The van der Waals surface area contributed by atoms with E-state index in [1.807, 2.05) is 54.6 Å². The van der Waals surface area contributed by atoms with Gasteiger partial charge >= 0.3 is 0 Å². The molecule has 0 radical (unpaired) electrons.